The van der Waals surface area contributed by atoms with Crippen molar-refractivity contribution < 1.29 is 4.39 Å². The van der Waals surface area contributed by atoms with E-state index in [4.69, 9.17) is 16.6 Å². The van der Waals surface area contributed by atoms with E-state index < -0.39 is 5.82 Å². The highest BCUT2D eigenvalue weighted by molar-refractivity contribution is 7.09. The zero-order chi connectivity index (χ0) is 15.6. The summed E-state index contributed by atoms with van der Waals surface area (Å²) in [5, 5.41) is 6.60. The monoisotopic (exact) mass is 326 g/mol. The number of nitrogens with one attached hydrogen (secondary N) is 1. The smallest absolute Gasteiger partial charge is 0.141 e. The molecule has 1 unspecified atom stereocenters. The van der Waals surface area contributed by atoms with Crippen molar-refractivity contribution in [2.24, 2.45) is 0 Å². The summed E-state index contributed by atoms with van der Waals surface area (Å²) in [5.74, 6) is -0.398. The molecule has 21 heavy (non-hydrogen) atoms. The Balaban J connectivity index is 2.38. The third-order valence-electron chi connectivity index (χ3n) is 3.22. The first-order valence-corrected chi connectivity index (χ1v) is 8.23. The van der Waals surface area contributed by atoms with E-state index in [1.165, 1.54) is 6.07 Å². The van der Waals surface area contributed by atoms with Gasteiger partial charge in [-0.15, -0.1) is 11.3 Å². The van der Waals surface area contributed by atoms with Crippen molar-refractivity contribution in [2.75, 3.05) is 6.54 Å². The summed E-state index contributed by atoms with van der Waals surface area (Å²) in [7, 11) is 0. The van der Waals surface area contributed by atoms with Crippen molar-refractivity contribution in [1.82, 2.24) is 10.3 Å². The van der Waals surface area contributed by atoms with Crippen molar-refractivity contribution in [3.05, 3.63) is 50.7 Å². The Morgan fingerprint density at radius 2 is 2.10 bits per heavy atom. The third-order valence-corrected chi connectivity index (χ3v) is 4.42. The molecule has 5 heteroatoms. The fourth-order valence-corrected chi connectivity index (χ4v) is 3.34. The molecule has 2 rings (SSSR count). The van der Waals surface area contributed by atoms with Crippen LogP contribution in [-0.2, 0) is 5.41 Å². The van der Waals surface area contributed by atoms with Gasteiger partial charge in [-0.05, 0) is 24.2 Å². The minimum atomic E-state index is -0.398. The summed E-state index contributed by atoms with van der Waals surface area (Å²) in [5.41, 5.74) is 2.02. The lowest BCUT2D eigenvalue weighted by Gasteiger charge is -2.18. The Morgan fingerprint density at radius 1 is 1.38 bits per heavy atom. The number of thiazole rings is 1. The van der Waals surface area contributed by atoms with Crippen LogP contribution in [-0.4, -0.2) is 11.5 Å². The summed E-state index contributed by atoms with van der Waals surface area (Å²) >= 11 is 7.52. The lowest BCUT2D eigenvalue weighted by Crippen LogP contribution is -2.22. The minimum Gasteiger partial charge on any atom is -0.305 e. The molecule has 0 aliphatic rings. The first kappa shape index (κ1) is 16.4. The van der Waals surface area contributed by atoms with Gasteiger partial charge in [0.15, 0.2) is 0 Å². The van der Waals surface area contributed by atoms with Gasteiger partial charge < -0.3 is 5.32 Å². The lowest BCUT2D eigenvalue weighted by atomic mass is 9.93. The van der Waals surface area contributed by atoms with E-state index in [0.29, 0.717) is 0 Å². The van der Waals surface area contributed by atoms with Gasteiger partial charge in [0.1, 0.15) is 10.8 Å². The molecule has 1 atom stereocenters. The van der Waals surface area contributed by atoms with E-state index in [2.05, 4.69) is 31.5 Å². The van der Waals surface area contributed by atoms with E-state index in [1.54, 1.807) is 23.5 Å². The number of nitrogens with zero attached hydrogens (tertiary/aromatic N) is 1. The topological polar surface area (TPSA) is 24.9 Å². The molecule has 0 spiro atoms. The van der Waals surface area contributed by atoms with Crippen molar-refractivity contribution in [2.45, 2.75) is 39.2 Å². The summed E-state index contributed by atoms with van der Waals surface area (Å²) in [6.07, 6.45) is 0. The van der Waals surface area contributed by atoms with Crippen LogP contribution in [0.3, 0.4) is 0 Å². The van der Waals surface area contributed by atoms with Crippen LogP contribution < -0.4 is 5.32 Å². The van der Waals surface area contributed by atoms with Crippen LogP contribution >= 0.6 is 22.9 Å². The lowest BCUT2D eigenvalue weighted by molar-refractivity contribution is 0.562. The van der Waals surface area contributed by atoms with Crippen molar-refractivity contribution in [1.29, 1.82) is 0 Å². The molecule has 1 aromatic carbocycles. The predicted molar refractivity (Wildman–Crippen MR) is 87.7 cm³/mol. The molecule has 0 saturated carbocycles. The minimum absolute atomic E-state index is 0.0198. The van der Waals surface area contributed by atoms with E-state index in [9.17, 15) is 4.39 Å². The van der Waals surface area contributed by atoms with Gasteiger partial charge >= 0.3 is 0 Å². The summed E-state index contributed by atoms with van der Waals surface area (Å²) < 4.78 is 13.3. The molecule has 0 fully saturated rings. The van der Waals surface area contributed by atoms with Gasteiger partial charge in [-0.2, -0.15) is 0 Å². The molecule has 0 amide bonds. The number of rotatable bonds is 4. The second-order valence-corrected chi connectivity index (χ2v) is 7.28. The maximum atomic E-state index is 13.3. The molecule has 1 heterocycles. The summed E-state index contributed by atoms with van der Waals surface area (Å²) in [4.78, 5) is 4.75. The van der Waals surface area contributed by atoms with Crippen LogP contribution in [0.4, 0.5) is 4.39 Å². The normalized spacial score (nSPS) is 13.4. The Bertz CT molecular complexity index is 619. The van der Waals surface area contributed by atoms with Gasteiger partial charge in [0.25, 0.3) is 0 Å². The molecule has 1 N–H and O–H groups in total. The highest BCUT2D eigenvalue weighted by Crippen LogP contribution is 2.31. The zero-order valence-electron chi connectivity index (χ0n) is 12.7. The van der Waals surface area contributed by atoms with Gasteiger partial charge in [-0.3, -0.25) is 0 Å². The van der Waals surface area contributed by atoms with Crippen LogP contribution in [0.1, 0.15) is 50.0 Å². The largest absolute Gasteiger partial charge is 0.305 e. The van der Waals surface area contributed by atoms with E-state index in [-0.39, 0.29) is 16.5 Å². The second kappa shape index (κ2) is 6.42. The predicted octanol–water partition coefficient (Wildman–Crippen LogP) is 4.93. The highest BCUT2D eigenvalue weighted by atomic mass is 35.5. The van der Waals surface area contributed by atoms with Gasteiger partial charge in [-0.1, -0.05) is 45.4 Å². The van der Waals surface area contributed by atoms with Crippen LogP contribution in [0.25, 0.3) is 0 Å². The Labute approximate surface area is 134 Å². The van der Waals surface area contributed by atoms with Crippen molar-refractivity contribution in [3.8, 4) is 0 Å². The van der Waals surface area contributed by atoms with Crippen LogP contribution in [0, 0.1) is 5.82 Å². The highest BCUT2D eigenvalue weighted by Gasteiger charge is 2.22. The molecule has 0 saturated heterocycles. The first-order valence-electron chi connectivity index (χ1n) is 6.97. The molecule has 0 aliphatic heterocycles. The van der Waals surface area contributed by atoms with Crippen molar-refractivity contribution >= 4 is 22.9 Å². The number of benzene rings is 1. The summed E-state index contributed by atoms with van der Waals surface area (Å²) in [6.45, 7) is 9.26. The number of hydrogen-bond donors (Lipinski definition) is 1. The first-order chi connectivity index (χ1) is 9.82. The second-order valence-electron chi connectivity index (χ2n) is 5.99. The van der Waals surface area contributed by atoms with E-state index in [0.717, 1.165) is 22.8 Å². The van der Waals surface area contributed by atoms with Crippen molar-refractivity contribution in [3.63, 3.8) is 0 Å². The Morgan fingerprint density at radius 3 is 2.62 bits per heavy atom. The number of hydrogen-bond acceptors (Lipinski definition) is 3. The fraction of sp³-hybridized carbons (Fsp3) is 0.438. The SMILES string of the molecule is CCNC(c1ccc(F)c(Cl)c1)c1nc(C(C)(C)C)cs1. The van der Waals surface area contributed by atoms with E-state index >= 15 is 0 Å². The maximum Gasteiger partial charge on any atom is 0.141 e. The Hall–Kier alpha value is -0.970. The van der Waals surface area contributed by atoms with Gasteiger partial charge in [0, 0.05) is 10.8 Å². The standard InChI is InChI=1S/C16H20ClFN2S/c1-5-19-14(10-6-7-12(18)11(17)8-10)15-20-13(9-21-15)16(2,3)4/h6-9,14,19H,5H2,1-4H3. The molecule has 2 aromatic rings. The quantitative estimate of drug-likeness (QED) is 0.861. The van der Waals surface area contributed by atoms with Crippen LogP contribution in [0.2, 0.25) is 5.02 Å². The number of aromatic nitrogens is 1. The fourth-order valence-electron chi connectivity index (χ4n) is 2.01. The molecular formula is C16H20ClFN2S. The third kappa shape index (κ3) is 3.82. The van der Waals surface area contributed by atoms with E-state index in [1.807, 2.05) is 6.92 Å². The molecule has 0 radical (unpaired) electrons. The molecule has 0 bridgehead atoms. The molecule has 2 nitrogen and oxygen atoms in total. The van der Waals surface area contributed by atoms with Crippen LogP contribution in [0.5, 0.6) is 0 Å². The number of halogens is 2. The molecule has 1 aromatic heterocycles. The molecule has 114 valence electrons. The van der Waals surface area contributed by atoms with Crippen LogP contribution in [0.15, 0.2) is 23.6 Å². The summed E-state index contributed by atoms with van der Waals surface area (Å²) in [6, 6.07) is 4.77. The zero-order valence-corrected chi connectivity index (χ0v) is 14.3. The average Bonchev–Trinajstić information content (AvgIpc) is 2.89. The molecule has 0 aliphatic carbocycles. The molecular weight excluding hydrogens is 307 g/mol. The van der Waals surface area contributed by atoms with Gasteiger partial charge in [0.05, 0.1) is 16.8 Å². The maximum absolute atomic E-state index is 13.3. The van der Waals surface area contributed by atoms with Gasteiger partial charge in [-0.25, -0.2) is 9.37 Å². The average molecular weight is 327 g/mol. The Kier molecular flexibility index (Phi) is 5.02. The van der Waals surface area contributed by atoms with Gasteiger partial charge in [0.2, 0.25) is 0 Å².